The maximum Gasteiger partial charge on any atom is 0.255 e. The topological polar surface area (TPSA) is 80.8 Å². The molecule has 34 heavy (non-hydrogen) atoms. The summed E-state index contributed by atoms with van der Waals surface area (Å²) in [5.41, 5.74) is 5.08. The average Bonchev–Trinajstić information content (AvgIpc) is 2.86. The molecular weight excluding hydrogens is 450 g/mol. The number of hydrogen-bond donors (Lipinski definition) is 1. The van der Waals surface area contributed by atoms with Crippen molar-refractivity contribution in [3.05, 3.63) is 65.9 Å². The van der Waals surface area contributed by atoms with Crippen LogP contribution in [0.4, 0.5) is 11.4 Å². The van der Waals surface area contributed by atoms with Gasteiger partial charge in [-0.05, 0) is 61.4 Å². The molecule has 1 atom stereocenters. The second-order valence-corrected chi connectivity index (χ2v) is 9.43. The molecule has 0 bridgehead atoms. The molecule has 8 heteroatoms. The summed E-state index contributed by atoms with van der Waals surface area (Å²) in [4.78, 5) is 20.3. The molecule has 2 heterocycles. The van der Waals surface area contributed by atoms with Gasteiger partial charge in [0, 0.05) is 58.1 Å². The summed E-state index contributed by atoms with van der Waals surface area (Å²) in [7, 11) is -1.15. The fourth-order valence-electron chi connectivity index (χ4n) is 3.90. The van der Waals surface area contributed by atoms with Gasteiger partial charge in [-0.1, -0.05) is 12.1 Å². The van der Waals surface area contributed by atoms with Crippen molar-refractivity contribution in [1.82, 2.24) is 4.98 Å². The predicted molar refractivity (Wildman–Crippen MR) is 135 cm³/mol. The van der Waals surface area contributed by atoms with E-state index in [1.54, 1.807) is 30.5 Å². The third-order valence-electron chi connectivity index (χ3n) is 5.70. The molecule has 178 valence electrons. The van der Waals surface area contributed by atoms with E-state index in [9.17, 15) is 9.00 Å². The summed E-state index contributed by atoms with van der Waals surface area (Å²) in [6.07, 6.45) is 3.40. The molecule has 0 radical (unpaired) electrons. The lowest BCUT2D eigenvalue weighted by molar-refractivity contribution is 0.102. The van der Waals surface area contributed by atoms with Crippen LogP contribution >= 0.6 is 0 Å². The zero-order valence-corrected chi connectivity index (χ0v) is 20.5. The molecule has 1 fully saturated rings. The van der Waals surface area contributed by atoms with Crippen LogP contribution in [0.2, 0.25) is 0 Å². The van der Waals surface area contributed by atoms with Gasteiger partial charge in [0.25, 0.3) is 5.91 Å². The normalized spacial score (nSPS) is 14.5. The molecule has 3 aromatic rings. The van der Waals surface area contributed by atoms with Crippen molar-refractivity contribution in [2.24, 2.45) is 0 Å². The van der Waals surface area contributed by atoms with E-state index in [1.165, 1.54) is 0 Å². The molecule has 1 amide bonds. The van der Waals surface area contributed by atoms with Crippen molar-refractivity contribution >= 4 is 28.1 Å². The Morgan fingerprint density at radius 2 is 1.97 bits per heavy atom. The van der Waals surface area contributed by atoms with Crippen molar-refractivity contribution in [3.63, 3.8) is 0 Å². The third-order valence-corrected chi connectivity index (χ3v) is 6.62. The first-order valence-corrected chi connectivity index (χ1v) is 12.8. The highest BCUT2D eigenvalue weighted by atomic mass is 32.2. The van der Waals surface area contributed by atoms with Gasteiger partial charge in [-0.15, -0.1) is 0 Å². The molecule has 1 saturated heterocycles. The molecule has 0 aliphatic carbocycles. The molecular formula is C26H29N3O4S. The highest BCUT2D eigenvalue weighted by Gasteiger charge is 2.19. The first-order chi connectivity index (χ1) is 16.5. The van der Waals surface area contributed by atoms with Crippen molar-refractivity contribution < 1.29 is 18.5 Å². The van der Waals surface area contributed by atoms with Gasteiger partial charge in [0.15, 0.2) is 0 Å². The van der Waals surface area contributed by atoms with Gasteiger partial charge in [-0.3, -0.25) is 9.00 Å². The van der Waals surface area contributed by atoms with Crippen LogP contribution in [0.1, 0.15) is 22.8 Å². The summed E-state index contributed by atoms with van der Waals surface area (Å²) in [5.74, 6) is 0.365. The number of aromatic nitrogens is 1. The van der Waals surface area contributed by atoms with Gasteiger partial charge < -0.3 is 19.7 Å². The van der Waals surface area contributed by atoms with E-state index < -0.39 is 10.8 Å². The Hall–Kier alpha value is -3.23. The van der Waals surface area contributed by atoms with Gasteiger partial charge in [0.05, 0.1) is 19.8 Å². The molecule has 4 rings (SSSR count). The number of anilines is 2. The molecule has 0 saturated carbocycles. The van der Waals surface area contributed by atoms with Gasteiger partial charge in [-0.25, -0.2) is 4.98 Å². The van der Waals surface area contributed by atoms with Crippen LogP contribution < -0.4 is 15.0 Å². The van der Waals surface area contributed by atoms with Crippen LogP contribution in [0, 0.1) is 6.92 Å². The number of morpholine rings is 1. The van der Waals surface area contributed by atoms with Gasteiger partial charge in [0.2, 0.25) is 5.88 Å². The number of aryl methyl sites for hydroxylation is 1. The number of pyridine rings is 1. The number of carbonyl (C=O) groups excluding carboxylic acids is 1. The first kappa shape index (κ1) is 23.9. The average molecular weight is 480 g/mol. The second-order valence-electron chi connectivity index (χ2n) is 8.05. The predicted octanol–water partition coefficient (Wildman–Crippen LogP) is 4.28. The Morgan fingerprint density at radius 3 is 2.71 bits per heavy atom. The number of hydrogen-bond acceptors (Lipinski definition) is 6. The quantitative estimate of drug-likeness (QED) is 0.545. The second kappa shape index (κ2) is 10.8. The van der Waals surface area contributed by atoms with E-state index in [-0.39, 0.29) is 5.91 Å². The third kappa shape index (κ3) is 5.46. The zero-order chi connectivity index (χ0) is 24.1. The van der Waals surface area contributed by atoms with E-state index in [4.69, 9.17) is 9.47 Å². The minimum absolute atomic E-state index is 0.249. The van der Waals surface area contributed by atoms with E-state index in [2.05, 4.69) is 21.3 Å². The van der Waals surface area contributed by atoms with Crippen molar-refractivity contribution in [1.29, 1.82) is 0 Å². The Bertz CT molecular complexity index is 1210. The minimum Gasteiger partial charge on any atom is -0.476 e. The van der Waals surface area contributed by atoms with E-state index in [0.717, 1.165) is 35.5 Å². The Morgan fingerprint density at radius 1 is 1.18 bits per heavy atom. The van der Waals surface area contributed by atoms with Gasteiger partial charge in [-0.2, -0.15) is 0 Å². The molecule has 1 aliphatic heterocycles. The number of carbonyl (C=O) groups is 1. The monoisotopic (exact) mass is 479 g/mol. The zero-order valence-electron chi connectivity index (χ0n) is 19.7. The highest BCUT2D eigenvalue weighted by Crippen LogP contribution is 2.34. The van der Waals surface area contributed by atoms with Crippen molar-refractivity contribution in [2.75, 3.05) is 49.4 Å². The molecule has 1 unspecified atom stereocenters. The standard InChI is InChI=1S/C26H29N3O4S/c1-4-33-26-24(29-10-12-32-13-11-29)15-20(17-27-26)23-16-21(9-8-18(23)2)28-25(30)19-6-5-7-22(14-19)34(3)31/h5-9,14-17H,4,10-13H2,1-3H3,(H,28,30). The summed E-state index contributed by atoms with van der Waals surface area (Å²) >= 11 is 0. The van der Waals surface area contributed by atoms with Crippen LogP contribution in [-0.4, -0.2) is 54.3 Å². The van der Waals surface area contributed by atoms with Gasteiger partial charge in [0.1, 0.15) is 5.69 Å². The number of rotatable bonds is 7. The maximum absolute atomic E-state index is 12.8. The van der Waals surface area contributed by atoms with Crippen LogP contribution in [0.5, 0.6) is 5.88 Å². The molecule has 0 spiro atoms. The summed E-state index contributed by atoms with van der Waals surface area (Å²) in [6, 6.07) is 14.8. The molecule has 1 aromatic heterocycles. The SMILES string of the molecule is CCOc1ncc(-c2cc(NC(=O)c3cccc(S(C)=O)c3)ccc2C)cc1N1CCOCC1. The van der Waals surface area contributed by atoms with Gasteiger partial charge >= 0.3 is 0 Å². The number of ether oxygens (including phenoxy) is 2. The molecule has 1 N–H and O–H groups in total. The lowest BCUT2D eigenvalue weighted by Gasteiger charge is -2.30. The fraction of sp³-hybridized carbons (Fsp3) is 0.308. The number of benzene rings is 2. The number of amides is 1. The Balaban J connectivity index is 1.63. The van der Waals surface area contributed by atoms with Crippen LogP contribution in [0.3, 0.4) is 0 Å². The van der Waals surface area contributed by atoms with Crippen LogP contribution in [0.25, 0.3) is 11.1 Å². The number of nitrogens with zero attached hydrogens (tertiary/aromatic N) is 2. The maximum atomic E-state index is 12.8. The van der Waals surface area contributed by atoms with E-state index in [1.807, 2.05) is 38.2 Å². The largest absolute Gasteiger partial charge is 0.476 e. The summed E-state index contributed by atoms with van der Waals surface area (Å²) in [6.45, 7) is 7.42. The minimum atomic E-state index is -1.15. The van der Waals surface area contributed by atoms with Crippen LogP contribution in [-0.2, 0) is 15.5 Å². The molecule has 1 aliphatic rings. The Kier molecular flexibility index (Phi) is 7.59. The van der Waals surface area contributed by atoms with Crippen molar-refractivity contribution in [2.45, 2.75) is 18.7 Å². The molecule has 7 nitrogen and oxygen atoms in total. The van der Waals surface area contributed by atoms with Crippen molar-refractivity contribution in [3.8, 4) is 17.0 Å². The van der Waals surface area contributed by atoms with E-state index >= 15 is 0 Å². The Labute approximate surface area is 202 Å². The summed E-state index contributed by atoms with van der Waals surface area (Å²) < 4.78 is 23.1. The highest BCUT2D eigenvalue weighted by molar-refractivity contribution is 7.84. The smallest absolute Gasteiger partial charge is 0.255 e. The lowest BCUT2D eigenvalue weighted by atomic mass is 10.0. The first-order valence-electron chi connectivity index (χ1n) is 11.3. The molecule has 2 aromatic carbocycles. The van der Waals surface area contributed by atoms with E-state index in [0.29, 0.717) is 41.8 Å². The fourth-order valence-corrected chi connectivity index (χ4v) is 4.46. The van der Waals surface area contributed by atoms with Crippen LogP contribution in [0.15, 0.2) is 59.6 Å². The number of nitrogens with one attached hydrogen (secondary N) is 1. The lowest BCUT2D eigenvalue weighted by Crippen LogP contribution is -2.36. The summed E-state index contributed by atoms with van der Waals surface area (Å²) in [5, 5.41) is 2.96.